The molecule has 0 bridgehead atoms. The Morgan fingerprint density at radius 2 is 1.88 bits per heavy atom. The molecule has 1 amide bonds. The van der Waals surface area contributed by atoms with E-state index in [4.69, 9.17) is 0 Å². The Labute approximate surface area is 92.7 Å². The van der Waals surface area contributed by atoms with E-state index in [1.165, 1.54) is 6.07 Å². The summed E-state index contributed by atoms with van der Waals surface area (Å²) in [6.45, 7) is 0. The van der Waals surface area contributed by atoms with Crippen molar-refractivity contribution < 1.29 is 9.18 Å². The van der Waals surface area contributed by atoms with Gasteiger partial charge in [0.15, 0.2) is 0 Å². The van der Waals surface area contributed by atoms with Crippen molar-refractivity contribution >= 4 is 12.1 Å². The van der Waals surface area contributed by atoms with Gasteiger partial charge in [-0.15, -0.1) is 0 Å². The van der Waals surface area contributed by atoms with Crippen LogP contribution in [-0.4, -0.2) is 6.41 Å². The first-order valence-corrected chi connectivity index (χ1v) is 4.86. The number of halogens is 1. The van der Waals surface area contributed by atoms with E-state index in [0.29, 0.717) is 17.7 Å². The second-order valence-corrected chi connectivity index (χ2v) is 3.32. The molecule has 0 heterocycles. The molecule has 0 aliphatic heterocycles. The number of rotatable bonds is 3. The van der Waals surface area contributed by atoms with E-state index in [9.17, 15) is 9.18 Å². The number of carbonyl (C=O) groups is 1. The zero-order valence-corrected chi connectivity index (χ0v) is 8.48. The van der Waals surface area contributed by atoms with Gasteiger partial charge in [0.25, 0.3) is 0 Å². The van der Waals surface area contributed by atoms with E-state index < -0.39 is 0 Å². The summed E-state index contributed by atoms with van der Waals surface area (Å²) in [6, 6.07) is 13.6. The predicted octanol–water partition coefficient (Wildman–Crippen LogP) is 3.06. The van der Waals surface area contributed by atoms with Gasteiger partial charge >= 0.3 is 0 Å². The number of amides is 1. The zero-order valence-electron chi connectivity index (χ0n) is 8.48. The fourth-order valence-corrected chi connectivity index (χ4v) is 1.54. The standard InChI is InChI=1S/C13H10FNO/c14-13-7-2-1-6-12(13)10-4-3-5-11(8-10)15-9-16/h1-9H,(H,15,16). The molecular formula is C13H10FNO. The summed E-state index contributed by atoms with van der Waals surface area (Å²) in [6.07, 6.45) is 0.598. The molecule has 2 aromatic carbocycles. The minimum absolute atomic E-state index is 0.272. The first-order chi connectivity index (χ1) is 7.81. The van der Waals surface area contributed by atoms with Crippen molar-refractivity contribution in [1.29, 1.82) is 0 Å². The molecule has 0 atom stereocenters. The summed E-state index contributed by atoms with van der Waals surface area (Å²) < 4.78 is 13.5. The molecule has 3 heteroatoms. The van der Waals surface area contributed by atoms with Gasteiger partial charge in [0.05, 0.1) is 0 Å². The Bertz CT molecular complexity index is 511. The number of hydrogen-bond donors (Lipinski definition) is 1. The average molecular weight is 215 g/mol. The fraction of sp³-hybridized carbons (Fsp3) is 0. The second kappa shape index (κ2) is 4.57. The van der Waals surface area contributed by atoms with Gasteiger partial charge < -0.3 is 5.32 Å². The van der Waals surface area contributed by atoms with Crippen LogP contribution in [0.4, 0.5) is 10.1 Å². The van der Waals surface area contributed by atoms with E-state index in [1.54, 1.807) is 42.5 Å². The van der Waals surface area contributed by atoms with Gasteiger partial charge in [0, 0.05) is 11.3 Å². The van der Waals surface area contributed by atoms with Crippen molar-refractivity contribution in [2.24, 2.45) is 0 Å². The molecule has 0 saturated carbocycles. The van der Waals surface area contributed by atoms with Crippen molar-refractivity contribution in [1.82, 2.24) is 0 Å². The lowest BCUT2D eigenvalue weighted by Gasteiger charge is -2.05. The summed E-state index contributed by atoms with van der Waals surface area (Å²) in [7, 11) is 0. The molecule has 0 unspecified atom stereocenters. The molecule has 0 spiro atoms. The number of nitrogens with one attached hydrogen (secondary N) is 1. The number of hydrogen-bond acceptors (Lipinski definition) is 1. The molecule has 16 heavy (non-hydrogen) atoms. The molecule has 2 rings (SSSR count). The predicted molar refractivity (Wildman–Crippen MR) is 61.5 cm³/mol. The van der Waals surface area contributed by atoms with Gasteiger partial charge in [-0.05, 0) is 23.8 Å². The van der Waals surface area contributed by atoms with Crippen molar-refractivity contribution in [2.45, 2.75) is 0 Å². The Hall–Kier alpha value is -2.16. The summed E-state index contributed by atoms with van der Waals surface area (Å²) >= 11 is 0. The normalized spacial score (nSPS) is 9.81. The molecule has 0 radical (unpaired) electrons. The molecule has 0 aliphatic carbocycles. The third-order valence-electron chi connectivity index (χ3n) is 2.27. The van der Waals surface area contributed by atoms with Crippen LogP contribution in [0.1, 0.15) is 0 Å². The number of benzene rings is 2. The van der Waals surface area contributed by atoms with E-state index in [0.717, 1.165) is 5.56 Å². The maximum atomic E-state index is 13.5. The summed E-state index contributed by atoms with van der Waals surface area (Å²) in [5.41, 5.74) is 1.91. The van der Waals surface area contributed by atoms with Crippen LogP contribution in [0.15, 0.2) is 48.5 Å². The fourth-order valence-electron chi connectivity index (χ4n) is 1.54. The lowest BCUT2D eigenvalue weighted by molar-refractivity contribution is -0.105. The molecule has 0 aliphatic rings. The van der Waals surface area contributed by atoms with Crippen LogP contribution < -0.4 is 5.32 Å². The molecule has 80 valence electrons. The first-order valence-electron chi connectivity index (χ1n) is 4.86. The molecular weight excluding hydrogens is 205 g/mol. The first kappa shape index (κ1) is 10.4. The highest BCUT2D eigenvalue weighted by Gasteiger charge is 2.03. The van der Waals surface area contributed by atoms with Crippen LogP contribution >= 0.6 is 0 Å². The van der Waals surface area contributed by atoms with Crippen LogP contribution in [0.3, 0.4) is 0 Å². The minimum atomic E-state index is -0.272. The Balaban J connectivity index is 2.44. The van der Waals surface area contributed by atoms with Crippen LogP contribution in [0.2, 0.25) is 0 Å². The van der Waals surface area contributed by atoms with Gasteiger partial charge in [0.1, 0.15) is 5.82 Å². The maximum absolute atomic E-state index is 13.5. The Morgan fingerprint density at radius 3 is 2.62 bits per heavy atom. The van der Waals surface area contributed by atoms with E-state index >= 15 is 0 Å². The largest absolute Gasteiger partial charge is 0.329 e. The molecule has 0 saturated heterocycles. The smallest absolute Gasteiger partial charge is 0.211 e. The maximum Gasteiger partial charge on any atom is 0.211 e. The minimum Gasteiger partial charge on any atom is -0.329 e. The van der Waals surface area contributed by atoms with Gasteiger partial charge in [-0.1, -0.05) is 30.3 Å². The SMILES string of the molecule is O=CNc1cccc(-c2ccccc2F)c1. The zero-order chi connectivity index (χ0) is 11.4. The van der Waals surface area contributed by atoms with Gasteiger partial charge in [-0.2, -0.15) is 0 Å². The van der Waals surface area contributed by atoms with Crippen LogP contribution in [0.25, 0.3) is 11.1 Å². The molecule has 0 aromatic heterocycles. The van der Waals surface area contributed by atoms with Crippen LogP contribution in [-0.2, 0) is 4.79 Å². The lowest BCUT2D eigenvalue weighted by atomic mass is 10.0. The number of carbonyl (C=O) groups excluding carboxylic acids is 1. The Morgan fingerprint density at radius 1 is 1.06 bits per heavy atom. The lowest BCUT2D eigenvalue weighted by Crippen LogP contribution is -1.93. The monoisotopic (exact) mass is 215 g/mol. The highest BCUT2D eigenvalue weighted by molar-refractivity contribution is 5.76. The summed E-state index contributed by atoms with van der Waals surface area (Å²) in [5.74, 6) is -0.272. The second-order valence-electron chi connectivity index (χ2n) is 3.32. The van der Waals surface area contributed by atoms with Crippen LogP contribution in [0.5, 0.6) is 0 Å². The van der Waals surface area contributed by atoms with Crippen LogP contribution in [0, 0.1) is 5.82 Å². The highest BCUT2D eigenvalue weighted by Crippen LogP contribution is 2.24. The molecule has 2 nitrogen and oxygen atoms in total. The quantitative estimate of drug-likeness (QED) is 0.783. The third kappa shape index (κ3) is 2.08. The number of anilines is 1. The highest BCUT2D eigenvalue weighted by atomic mass is 19.1. The van der Waals surface area contributed by atoms with E-state index in [1.807, 2.05) is 0 Å². The molecule has 1 N–H and O–H groups in total. The summed E-state index contributed by atoms with van der Waals surface area (Å²) in [4.78, 5) is 10.3. The van der Waals surface area contributed by atoms with Crippen molar-refractivity contribution in [3.8, 4) is 11.1 Å². The summed E-state index contributed by atoms with van der Waals surface area (Å²) in [5, 5.41) is 2.53. The third-order valence-corrected chi connectivity index (χ3v) is 2.27. The van der Waals surface area contributed by atoms with Gasteiger partial charge in [0.2, 0.25) is 6.41 Å². The van der Waals surface area contributed by atoms with Gasteiger partial charge in [-0.3, -0.25) is 4.79 Å². The van der Waals surface area contributed by atoms with Crippen molar-refractivity contribution in [3.05, 3.63) is 54.3 Å². The molecule has 0 fully saturated rings. The van der Waals surface area contributed by atoms with Crippen molar-refractivity contribution in [3.63, 3.8) is 0 Å². The van der Waals surface area contributed by atoms with E-state index in [-0.39, 0.29) is 5.82 Å². The topological polar surface area (TPSA) is 29.1 Å². The van der Waals surface area contributed by atoms with Crippen molar-refractivity contribution in [2.75, 3.05) is 5.32 Å². The average Bonchev–Trinajstić information content (AvgIpc) is 2.30. The van der Waals surface area contributed by atoms with E-state index in [2.05, 4.69) is 5.32 Å². The van der Waals surface area contributed by atoms with Gasteiger partial charge in [-0.25, -0.2) is 4.39 Å². The Kier molecular flexibility index (Phi) is 2.96. The molecule has 2 aromatic rings.